The number of carbonyl (C=O) groups is 2. The number of phenolic OH excluding ortho intramolecular Hbond substituents is 3. The third-order valence-corrected chi connectivity index (χ3v) is 5.34. The van der Waals surface area contributed by atoms with Crippen LogP contribution in [-0.2, 0) is 6.42 Å². The molecule has 1 unspecified atom stereocenters. The van der Waals surface area contributed by atoms with Crippen molar-refractivity contribution in [3.05, 3.63) is 76.3 Å². The Morgan fingerprint density at radius 3 is 2.14 bits per heavy atom. The molecule has 5 nitrogen and oxygen atoms in total. The van der Waals surface area contributed by atoms with Crippen molar-refractivity contribution >= 4 is 23.2 Å². The van der Waals surface area contributed by atoms with Crippen LogP contribution < -0.4 is 0 Å². The normalized spacial score (nSPS) is 15.5. The van der Waals surface area contributed by atoms with E-state index in [4.69, 9.17) is 11.6 Å². The largest absolute Gasteiger partial charge is 0.504 e. The summed E-state index contributed by atoms with van der Waals surface area (Å²) in [6, 6.07) is 15.1. The van der Waals surface area contributed by atoms with E-state index in [1.165, 1.54) is 6.07 Å². The lowest BCUT2D eigenvalue weighted by atomic mass is 9.92. The third kappa shape index (κ3) is 2.63. The van der Waals surface area contributed by atoms with Gasteiger partial charge in [-0.15, -0.1) is 0 Å². The van der Waals surface area contributed by atoms with Crippen LogP contribution in [0, 0.1) is 5.92 Å². The molecule has 4 rings (SSSR count). The van der Waals surface area contributed by atoms with Gasteiger partial charge in [-0.3, -0.25) is 9.59 Å². The van der Waals surface area contributed by atoms with Gasteiger partial charge in [-0.2, -0.15) is 0 Å². The molecule has 0 bridgehead atoms. The number of phenols is 3. The molecule has 0 heterocycles. The van der Waals surface area contributed by atoms with Crippen LogP contribution in [0.4, 0.5) is 0 Å². The first-order chi connectivity index (χ1) is 13.4. The summed E-state index contributed by atoms with van der Waals surface area (Å²) in [6.07, 6.45) is -0.0101. The van der Waals surface area contributed by atoms with Gasteiger partial charge in [0.1, 0.15) is 0 Å². The number of halogens is 1. The average Bonchev–Trinajstić information content (AvgIpc) is 3.04. The highest BCUT2D eigenvalue weighted by Crippen LogP contribution is 2.51. The molecule has 1 aliphatic rings. The SMILES string of the molecule is O=C(c1ccccc1Cl)C1Cc2c(c(O)c(O)c(O)c2-c2ccccc2)C1=O. The Bertz CT molecular complexity index is 1120. The minimum absolute atomic E-state index is 0.0101. The number of fused-ring (bicyclic) bond motifs is 1. The lowest BCUT2D eigenvalue weighted by Gasteiger charge is -2.14. The highest BCUT2D eigenvalue weighted by Gasteiger charge is 2.42. The Balaban J connectivity index is 1.88. The van der Waals surface area contributed by atoms with Crippen LogP contribution in [0.5, 0.6) is 17.2 Å². The van der Waals surface area contributed by atoms with E-state index < -0.39 is 34.7 Å². The maximum Gasteiger partial charge on any atom is 0.201 e. The molecule has 3 N–H and O–H groups in total. The van der Waals surface area contributed by atoms with Crippen LogP contribution in [0.15, 0.2) is 54.6 Å². The monoisotopic (exact) mass is 394 g/mol. The van der Waals surface area contributed by atoms with E-state index in [9.17, 15) is 24.9 Å². The van der Waals surface area contributed by atoms with E-state index in [1.54, 1.807) is 48.5 Å². The summed E-state index contributed by atoms with van der Waals surface area (Å²) in [7, 11) is 0. The van der Waals surface area contributed by atoms with Crippen molar-refractivity contribution in [3.63, 3.8) is 0 Å². The molecule has 0 radical (unpaired) electrons. The number of ketones is 2. The van der Waals surface area contributed by atoms with Crippen LogP contribution in [-0.4, -0.2) is 26.9 Å². The number of carbonyl (C=O) groups excluding carboxylic acids is 2. The molecule has 0 saturated carbocycles. The molecule has 0 aliphatic heterocycles. The van der Waals surface area contributed by atoms with Crippen molar-refractivity contribution in [2.24, 2.45) is 5.92 Å². The van der Waals surface area contributed by atoms with Gasteiger partial charge in [0.25, 0.3) is 0 Å². The Labute approximate surface area is 165 Å². The molecule has 0 spiro atoms. The summed E-state index contributed by atoms with van der Waals surface area (Å²) in [5, 5.41) is 31.1. The van der Waals surface area contributed by atoms with Crippen molar-refractivity contribution < 1.29 is 24.9 Å². The van der Waals surface area contributed by atoms with Crippen LogP contribution in [0.1, 0.15) is 26.3 Å². The molecule has 0 aromatic heterocycles. The van der Waals surface area contributed by atoms with E-state index in [2.05, 4.69) is 0 Å². The van der Waals surface area contributed by atoms with E-state index >= 15 is 0 Å². The van der Waals surface area contributed by atoms with E-state index in [-0.39, 0.29) is 28.1 Å². The van der Waals surface area contributed by atoms with Crippen molar-refractivity contribution in [3.8, 4) is 28.4 Å². The minimum atomic E-state index is -1.09. The molecule has 0 saturated heterocycles. The second-order valence-electron chi connectivity index (χ2n) is 6.61. The maximum atomic E-state index is 13.0. The summed E-state index contributed by atoms with van der Waals surface area (Å²) in [6.45, 7) is 0. The highest BCUT2D eigenvalue weighted by molar-refractivity contribution is 6.35. The minimum Gasteiger partial charge on any atom is -0.504 e. The zero-order chi connectivity index (χ0) is 20.0. The van der Waals surface area contributed by atoms with Crippen LogP contribution >= 0.6 is 11.6 Å². The lowest BCUT2D eigenvalue weighted by Crippen LogP contribution is -2.21. The van der Waals surface area contributed by atoms with Gasteiger partial charge in [-0.1, -0.05) is 54.1 Å². The zero-order valence-corrected chi connectivity index (χ0v) is 15.3. The first-order valence-corrected chi connectivity index (χ1v) is 8.97. The molecule has 6 heteroatoms. The van der Waals surface area contributed by atoms with E-state index in [0.29, 0.717) is 11.1 Å². The molecular formula is C22H15ClO5. The fourth-order valence-electron chi connectivity index (χ4n) is 3.68. The first-order valence-electron chi connectivity index (χ1n) is 8.60. The van der Waals surface area contributed by atoms with Gasteiger partial charge in [-0.25, -0.2) is 0 Å². The fourth-order valence-corrected chi connectivity index (χ4v) is 3.91. The van der Waals surface area contributed by atoms with Gasteiger partial charge in [0.2, 0.25) is 5.75 Å². The molecule has 1 atom stereocenters. The Morgan fingerprint density at radius 1 is 0.857 bits per heavy atom. The number of benzene rings is 3. The number of aromatic hydroxyl groups is 3. The van der Waals surface area contributed by atoms with E-state index in [0.717, 1.165) is 0 Å². The molecule has 140 valence electrons. The molecule has 3 aromatic carbocycles. The van der Waals surface area contributed by atoms with Gasteiger partial charge < -0.3 is 15.3 Å². The second-order valence-corrected chi connectivity index (χ2v) is 7.01. The summed E-state index contributed by atoms with van der Waals surface area (Å²) in [5.74, 6) is -4.19. The summed E-state index contributed by atoms with van der Waals surface area (Å²) in [5.41, 5.74) is 1.19. The lowest BCUT2D eigenvalue weighted by molar-refractivity contribution is 0.0821. The van der Waals surface area contributed by atoms with Crippen molar-refractivity contribution in [1.82, 2.24) is 0 Å². The second kappa shape index (κ2) is 6.69. The van der Waals surface area contributed by atoms with E-state index in [1.807, 2.05) is 0 Å². The van der Waals surface area contributed by atoms with Gasteiger partial charge in [0.15, 0.2) is 23.1 Å². The predicted molar refractivity (Wildman–Crippen MR) is 104 cm³/mol. The number of Topliss-reactive ketones (excluding diaryl/α,β-unsaturated/α-hetero) is 2. The average molecular weight is 395 g/mol. The van der Waals surface area contributed by atoms with Gasteiger partial charge >= 0.3 is 0 Å². The standard InChI is InChI=1S/C22H15ClO5/c23-15-9-5-4-8-12(15)18(24)14-10-13-16(11-6-2-1-3-7-11)20(26)22(28)21(27)17(13)19(14)25/h1-9,14,26-28H,10H2. The van der Waals surface area contributed by atoms with Gasteiger partial charge in [-0.05, 0) is 29.7 Å². The summed E-state index contributed by atoms with van der Waals surface area (Å²) in [4.78, 5) is 25.9. The first kappa shape index (κ1) is 18.1. The Kier molecular flexibility index (Phi) is 4.32. The Hall–Kier alpha value is -3.31. The van der Waals surface area contributed by atoms with Crippen LogP contribution in [0.3, 0.4) is 0 Å². The zero-order valence-electron chi connectivity index (χ0n) is 14.5. The van der Waals surface area contributed by atoms with Crippen LogP contribution in [0.25, 0.3) is 11.1 Å². The predicted octanol–water partition coefficient (Wildman–Crippen LogP) is 4.36. The fraction of sp³-hybridized carbons (Fsp3) is 0.0909. The highest BCUT2D eigenvalue weighted by atomic mass is 35.5. The van der Waals surface area contributed by atoms with Gasteiger partial charge in [0.05, 0.1) is 16.5 Å². The smallest absolute Gasteiger partial charge is 0.201 e. The molecular weight excluding hydrogens is 380 g/mol. The molecule has 1 aliphatic carbocycles. The Morgan fingerprint density at radius 2 is 1.46 bits per heavy atom. The van der Waals surface area contributed by atoms with Gasteiger partial charge in [0, 0.05) is 11.1 Å². The van der Waals surface area contributed by atoms with Crippen LogP contribution in [0.2, 0.25) is 5.02 Å². The topological polar surface area (TPSA) is 94.8 Å². The number of hydrogen-bond donors (Lipinski definition) is 3. The molecule has 3 aromatic rings. The maximum absolute atomic E-state index is 13.0. The summed E-state index contributed by atoms with van der Waals surface area (Å²) >= 11 is 6.10. The van der Waals surface area contributed by atoms with Crippen molar-refractivity contribution in [1.29, 1.82) is 0 Å². The number of hydrogen-bond acceptors (Lipinski definition) is 5. The molecule has 28 heavy (non-hydrogen) atoms. The van der Waals surface area contributed by atoms with Crippen molar-refractivity contribution in [2.45, 2.75) is 6.42 Å². The molecule has 0 fully saturated rings. The number of rotatable bonds is 3. The molecule has 0 amide bonds. The van der Waals surface area contributed by atoms with Crippen molar-refractivity contribution in [2.75, 3.05) is 0 Å². The quantitative estimate of drug-likeness (QED) is 0.348. The summed E-state index contributed by atoms with van der Waals surface area (Å²) < 4.78 is 0. The third-order valence-electron chi connectivity index (χ3n) is 5.02.